The Hall–Kier alpha value is -1.81. The smallest absolute Gasteiger partial charge is 0.330 e. The van der Waals surface area contributed by atoms with E-state index in [9.17, 15) is 4.79 Å². The third-order valence-corrected chi connectivity index (χ3v) is 4.88. The summed E-state index contributed by atoms with van der Waals surface area (Å²) in [5.74, 6) is 0. The Morgan fingerprint density at radius 1 is 1.14 bits per heavy atom. The molecule has 1 saturated carbocycles. The van der Waals surface area contributed by atoms with E-state index in [1.165, 1.54) is 24.8 Å². The second-order valence-electron chi connectivity index (χ2n) is 6.12. The molecule has 1 heterocycles. The van der Waals surface area contributed by atoms with Crippen molar-refractivity contribution in [2.75, 3.05) is 6.54 Å². The highest BCUT2D eigenvalue weighted by atomic mass is 16.1. The fraction of sp³-hybridized carbons (Fsp3) is 0.471. The van der Waals surface area contributed by atoms with E-state index in [-0.39, 0.29) is 11.1 Å². The van der Waals surface area contributed by atoms with Crippen LogP contribution >= 0.6 is 0 Å². The Bertz CT molecular complexity index is 677. The zero-order valence-corrected chi connectivity index (χ0v) is 12.6. The van der Waals surface area contributed by atoms with Gasteiger partial charge in [0, 0.05) is 31.4 Å². The molecule has 4 heteroatoms. The second kappa shape index (κ2) is 5.53. The highest BCUT2D eigenvalue weighted by Gasteiger charge is 2.34. The molecule has 2 N–H and O–H groups in total. The number of rotatable bonds is 3. The third kappa shape index (κ3) is 2.33. The maximum Gasteiger partial charge on any atom is 0.332 e. The minimum Gasteiger partial charge on any atom is -0.330 e. The summed E-state index contributed by atoms with van der Waals surface area (Å²) < 4.78 is 3.34. The molecule has 0 radical (unpaired) electrons. The maximum atomic E-state index is 12.3. The maximum absolute atomic E-state index is 12.3. The highest BCUT2D eigenvalue weighted by Crippen LogP contribution is 2.40. The topological polar surface area (TPSA) is 52.9 Å². The van der Waals surface area contributed by atoms with E-state index in [2.05, 4.69) is 12.1 Å². The average molecular weight is 285 g/mol. The molecule has 1 aliphatic carbocycles. The standard InChI is InChI=1S/C17H23N3O/c1-19-11-12-20(16(19)21)15-8-4-3-7-14(15)17(13-18)9-5-2-6-10-17/h3-4,7-8,11-12H,2,5-6,9-10,13,18H2,1H3. The highest BCUT2D eigenvalue weighted by molar-refractivity contribution is 5.46. The van der Waals surface area contributed by atoms with Crippen LogP contribution in [-0.2, 0) is 12.5 Å². The summed E-state index contributed by atoms with van der Waals surface area (Å²) in [5.41, 5.74) is 8.38. The number of benzene rings is 1. The lowest BCUT2D eigenvalue weighted by Crippen LogP contribution is -2.38. The summed E-state index contributed by atoms with van der Waals surface area (Å²) in [4.78, 5) is 12.3. The fourth-order valence-corrected chi connectivity index (χ4v) is 3.59. The average Bonchev–Trinajstić information content (AvgIpc) is 2.87. The number of nitrogens with zero attached hydrogens (tertiary/aromatic N) is 2. The van der Waals surface area contributed by atoms with Crippen LogP contribution in [0.15, 0.2) is 41.5 Å². The van der Waals surface area contributed by atoms with Gasteiger partial charge in [0.25, 0.3) is 0 Å². The summed E-state index contributed by atoms with van der Waals surface area (Å²) in [5, 5.41) is 0. The van der Waals surface area contributed by atoms with Gasteiger partial charge in [-0.2, -0.15) is 0 Å². The van der Waals surface area contributed by atoms with Crippen molar-refractivity contribution >= 4 is 0 Å². The molecular formula is C17H23N3O. The molecule has 21 heavy (non-hydrogen) atoms. The van der Waals surface area contributed by atoms with Gasteiger partial charge < -0.3 is 10.3 Å². The van der Waals surface area contributed by atoms with E-state index in [0.29, 0.717) is 6.54 Å². The molecule has 1 aromatic carbocycles. The van der Waals surface area contributed by atoms with Crippen molar-refractivity contribution in [2.24, 2.45) is 12.8 Å². The van der Waals surface area contributed by atoms with Crippen LogP contribution in [0, 0.1) is 0 Å². The first kappa shape index (κ1) is 14.1. The van der Waals surface area contributed by atoms with E-state index in [4.69, 9.17) is 5.73 Å². The predicted octanol–water partition coefficient (Wildman–Crippen LogP) is 2.34. The van der Waals surface area contributed by atoms with Gasteiger partial charge in [0.05, 0.1) is 5.69 Å². The van der Waals surface area contributed by atoms with Gasteiger partial charge in [-0.25, -0.2) is 4.79 Å². The number of nitrogens with two attached hydrogens (primary N) is 1. The molecule has 1 aromatic heterocycles. The van der Waals surface area contributed by atoms with E-state index in [0.717, 1.165) is 18.5 Å². The summed E-state index contributed by atoms with van der Waals surface area (Å²) in [6.45, 7) is 0.644. The van der Waals surface area contributed by atoms with E-state index in [1.54, 1.807) is 22.4 Å². The quantitative estimate of drug-likeness (QED) is 0.941. The van der Waals surface area contributed by atoms with Crippen molar-refractivity contribution in [1.82, 2.24) is 9.13 Å². The van der Waals surface area contributed by atoms with Gasteiger partial charge in [0.2, 0.25) is 0 Å². The minimum absolute atomic E-state index is 0.00886. The normalized spacial score (nSPS) is 17.8. The largest absolute Gasteiger partial charge is 0.332 e. The number of aromatic nitrogens is 2. The molecule has 3 rings (SSSR count). The molecule has 112 valence electrons. The van der Waals surface area contributed by atoms with Crippen molar-refractivity contribution in [3.05, 3.63) is 52.7 Å². The van der Waals surface area contributed by atoms with Crippen LogP contribution in [0.4, 0.5) is 0 Å². The Morgan fingerprint density at radius 3 is 2.48 bits per heavy atom. The Labute approximate surface area is 125 Å². The zero-order chi connectivity index (χ0) is 14.9. The Kier molecular flexibility index (Phi) is 3.72. The van der Waals surface area contributed by atoms with Gasteiger partial charge >= 0.3 is 5.69 Å². The molecule has 0 aliphatic heterocycles. The minimum atomic E-state index is -0.00886. The first-order valence-electron chi connectivity index (χ1n) is 7.72. The summed E-state index contributed by atoms with van der Waals surface area (Å²) in [6, 6.07) is 8.22. The molecule has 1 aliphatic rings. The van der Waals surface area contributed by atoms with Crippen molar-refractivity contribution in [2.45, 2.75) is 37.5 Å². The molecule has 1 fully saturated rings. The monoisotopic (exact) mass is 285 g/mol. The van der Waals surface area contributed by atoms with Crippen molar-refractivity contribution in [3.63, 3.8) is 0 Å². The van der Waals surface area contributed by atoms with Crippen molar-refractivity contribution < 1.29 is 0 Å². The fourth-order valence-electron chi connectivity index (χ4n) is 3.59. The Balaban J connectivity index is 2.15. The predicted molar refractivity (Wildman–Crippen MR) is 84.8 cm³/mol. The lowest BCUT2D eigenvalue weighted by molar-refractivity contribution is 0.300. The van der Waals surface area contributed by atoms with Gasteiger partial charge in [-0.15, -0.1) is 0 Å². The van der Waals surface area contributed by atoms with Crippen molar-refractivity contribution in [3.8, 4) is 5.69 Å². The van der Waals surface area contributed by atoms with E-state index < -0.39 is 0 Å². The Morgan fingerprint density at radius 2 is 1.86 bits per heavy atom. The van der Waals surface area contributed by atoms with Crippen LogP contribution in [0.3, 0.4) is 0 Å². The van der Waals surface area contributed by atoms with Crippen LogP contribution < -0.4 is 11.4 Å². The van der Waals surface area contributed by atoms with E-state index in [1.807, 2.05) is 18.3 Å². The molecule has 0 spiro atoms. The molecule has 0 bridgehead atoms. The van der Waals surface area contributed by atoms with Crippen LogP contribution in [0.5, 0.6) is 0 Å². The van der Waals surface area contributed by atoms with Crippen LogP contribution in [0.1, 0.15) is 37.7 Å². The summed E-state index contributed by atoms with van der Waals surface area (Å²) >= 11 is 0. The van der Waals surface area contributed by atoms with Crippen molar-refractivity contribution in [1.29, 1.82) is 0 Å². The van der Waals surface area contributed by atoms with E-state index >= 15 is 0 Å². The SMILES string of the molecule is Cn1ccn(-c2ccccc2C2(CN)CCCCC2)c1=O. The number of aryl methyl sites for hydroxylation is 1. The second-order valence-corrected chi connectivity index (χ2v) is 6.12. The number of hydrogen-bond donors (Lipinski definition) is 1. The van der Waals surface area contributed by atoms with Crippen LogP contribution in [0.2, 0.25) is 0 Å². The van der Waals surface area contributed by atoms with Gasteiger partial charge in [-0.3, -0.25) is 4.57 Å². The number of para-hydroxylation sites is 1. The van der Waals surface area contributed by atoms with Gasteiger partial charge in [0.1, 0.15) is 0 Å². The zero-order valence-electron chi connectivity index (χ0n) is 12.6. The molecule has 0 atom stereocenters. The summed E-state index contributed by atoms with van der Waals surface area (Å²) in [7, 11) is 1.78. The van der Waals surface area contributed by atoms with Gasteiger partial charge in [-0.1, -0.05) is 37.5 Å². The van der Waals surface area contributed by atoms with Crippen LogP contribution in [0.25, 0.3) is 5.69 Å². The number of hydrogen-bond acceptors (Lipinski definition) is 2. The summed E-state index contributed by atoms with van der Waals surface area (Å²) in [6.07, 6.45) is 9.59. The molecule has 4 nitrogen and oxygen atoms in total. The first-order valence-corrected chi connectivity index (χ1v) is 7.72. The lowest BCUT2D eigenvalue weighted by Gasteiger charge is -2.38. The molecule has 0 unspecified atom stereocenters. The lowest BCUT2D eigenvalue weighted by atomic mass is 9.69. The third-order valence-electron chi connectivity index (χ3n) is 4.88. The van der Waals surface area contributed by atoms with Gasteiger partial charge in [-0.05, 0) is 24.5 Å². The molecule has 2 aromatic rings. The van der Waals surface area contributed by atoms with Crippen LogP contribution in [-0.4, -0.2) is 15.7 Å². The first-order chi connectivity index (χ1) is 10.2. The molecule has 0 saturated heterocycles. The number of imidazole rings is 1. The van der Waals surface area contributed by atoms with Gasteiger partial charge in [0.15, 0.2) is 0 Å². The molecular weight excluding hydrogens is 262 g/mol. The molecule has 0 amide bonds.